The summed E-state index contributed by atoms with van der Waals surface area (Å²) in [5, 5.41) is 0.531. The first kappa shape index (κ1) is 14.8. The Morgan fingerprint density at radius 1 is 1.33 bits per heavy atom. The predicted octanol–water partition coefficient (Wildman–Crippen LogP) is 2.03. The Kier molecular flexibility index (Phi) is 5.43. The van der Waals surface area contributed by atoms with Crippen LogP contribution in [0.5, 0.6) is 0 Å². The molecule has 0 fully saturated rings. The standard InChI is InChI=1S/C11H14ClNO4S/c1-17-11(14)3-2-8-18(15,16)13-10-6-4-9(12)5-7-10/h4-7,13H,2-3,8H2,1H3. The van der Waals surface area contributed by atoms with Gasteiger partial charge in [0, 0.05) is 17.1 Å². The highest BCUT2D eigenvalue weighted by Crippen LogP contribution is 2.15. The fourth-order valence-corrected chi connectivity index (χ4v) is 2.50. The summed E-state index contributed by atoms with van der Waals surface area (Å²) in [7, 11) is -2.19. The molecule has 5 nitrogen and oxygen atoms in total. The zero-order valence-electron chi connectivity index (χ0n) is 9.85. The van der Waals surface area contributed by atoms with E-state index in [2.05, 4.69) is 9.46 Å². The second-order valence-electron chi connectivity index (χ2n) is 3.61. The Morgan fingerprint density at radius 3 is 2.50 bits per heavy atom. The van der Waals surface area contributed by atoms with Gasteiger partial charge < -0.3 is 4.74 Å². The number of ether oxygens (including phenoxy) is 1. The van der Waals surface area contributed by atoms with Crippen LogP contribution in [0.2, 0.25) is 5.02 Å². The third-order valence-corrected chi connectivity index (χ3v) is 3.76. The monoisotopic (exact) mass is 291 g/mol. The molecule has 0 spiro atoms. The first-order valence-corrected chi connectivity index (χ1v) is 7.29. The Morgan fingerprint density at radius 2 is 1.94 bits per heavy atom. The molecule has 100 valence electrons. The van der Waals surface area contributed by atoms with Crippen LogP contribution >= 0.6 is 11.6 Å². The zero-order valence-corrected chi connectivity index (χ0v) is 11.4. The minimum atomic E-state index is -3.45. The number of benzene rings is 1. The molecule has 0 aliphatic rings. The second-order valence-corrected chi connectivity index (χ2v) is 5.89. The van der Waals surface area contributed by atoms with Crippen LogP contribution in [0.15, 0.2) is 24.3 Å². The van der Waals surface area contributed by atoms with Gasteiger partial charge in [-0.15, -0.1) is 0 Å². The summed E-state index contributed by atoms with van der Waals surface area (Å²) >= 11 is 5.69. The lowest BCUT2D eigenvalue weighted by molar-refractivity contribution is -0.140. The van der Waals surface area contributed by atoms with Gasteiger partial charge in [-0.3, -0.25) is 9.52 Å². The van der Waals surface area contributed by atoms with Gasteiger partial charge in [-0.25, -0.2) is 8.42 Å². The molecule has 7 heteroatoms. The lowest BCUT2D eigenvalue weighted by atomic mass is 10.3. The summed E-state index contributed by atoms with van der Waals surface area (Å²) in [5.74, 6) is -0.554. The minimum Gasteiger partial charge on any atom is -0.469 e. The number of methoxy groups -OCH3 is 1. The van der Waals surface area contributed by atoms with Gasteiger partial charge in [-0.05, 0) is 30.7 Å². The number of hydrogen-bond donors (Lipinski definition) is 1. The van der Waals surface area contributed by atoms with E-state index in [4.69, 9.17) is 11.6 Å². The molecule has 1 aromatic rings. The zero-order chi connectivity index (χ0) is 13.6. The van der Waals surface area contributed by atoms with E-state index in [0.29, 0.717) is 10.7 Å². The molecule has 0 heterocycles. The van der Waals surface area contributed by atoms with Crippen LogP contribution in [0.3, 0.4) is 0 Å². The van der Waals surface area contributed by atoms with Crippen molar-refractivity contribution >= 4 is 33.3 Å². The number of nitrogens with one attached hydrogen (secondary N) is 1. The van der Waals surface area contributed by atoms with E-state index >= 15 is 0 Å². The summed E-state index contributed by atoms with van der Waals surface area (Å²) in [6.45, 7) is 0. The fourth-order valence-electron chi connectivity index (χ4n) is 1.26. The molecular weight excluding hydrogens is 278 g/mol. The topological polar surface area (TPSA) is 72.5 Å². The molecular formula is C11H14ClNO4S. The third-order valence-electron chi connectivity index (χ3n) is 2.14. The maximum absolute atomic E-state index is 11.7. The molecule has 0 amide bonds. The average molecular weight is 292 g/mol. The van der Waals surface area contributed by atoms with Crippen molar-refractivity contribution in [1.82, 2.24) is 0 Å². The van der Waals surface area contributed by atoms with E-state index in [1.165, 1.54) is 7.11 Å². The van der Waals surface area contributed by atoms with Crippen LogP contribution in [0.1, 0.15) is 12.8 Å². The van der Waals surface area contributed by atoms with Gasteiger partial charge in [-0.1, -0.05) is 11.6 Å². The smallest absolute Gasteiger partial charge is 0.305 e. The van der Waals surface area contributed by atoms with Crippen molar-refractivity contribution in [2.24, 2.45) is 0 Å². The third kappa shape index (κ3) is 5.37. The van der Waals surface area contributed by atoms with E-state index in [1.54, 1.807) is 24.3 Å². The van der Waals surface area contributed by atoms with Crippen molar-refractivity contribution in [3.8, 4) is 0 Å². The maximum atomic E-state index is 11.7. The highest BCUT2D eigenvalue weighted by Gasteiger charge is 2.11. The molecule has 0 radical (unpaired) electrons. The van der Waals surface area contributed by atoms with Crippen LogP contribution in [-0.4, -0.2) is 27.2 Å². The van der Waals surface area contributed by atoms with E-state index in [-0.39, 0.29) is 18.6 Å². The minimum absolute atomic E-state index is 0.0814. The number of sulfonamides is 1. The predicted molar refractivity (Wildman–Crippen MR) is 70.1 cm³/mol. The molecule has 0 saturated carbocycles. The second kappa shape index (κ2) is 6.61. The normalized spacial score (nSPS) is 11.0. The first-order chi connectivity index (χ1) is 8.43. The van der Waals surface area contributed by atoms with Crippen molar-refractivity contribution < 1.29 is 17.9 Å². The summed E-state index contributed by atoms with van der Waals surface area (Å²) < 4.78 is 30.1. The number of rotatable bonds is 6. The fraction of sp³-hybridized carbons (Fsp3) is 0.364. The van der Waals surface area contributed by atoms with Crippen LogP contribution in [0, 0.1) is 0 Å². The van der Waals surface area contributed by atoms with Gasteiger partial charge in [0.1, 0.15) is 0 Å². The largest absolute Gasteiger partial charge is 0.469 e. The van der Waals surface area contributed by atoms with Crippen LogP contribution in [0.25, 0.3) is 0 Å². The SMILES string of the molecule is COC(=O)CCCS(=O)(=O)Nc1ccc(Cl)cc1. The van der Waals surface area contributed by atoms with Gasteiger partial charge in [0.05, 0.1) is 12.9 Å². The first-order valence-electron chi connectivity index (χ1n) is 5.26. The van der Waals surface area contributed by atoms with Gasteiger partial charge in [0.2, 0.25) is 10.0 Å². The summed E-state index contributed by atoms with van der Waals surface area (Å²) in [5.41, 5.74) is 0.442. The van der Waals surface area contributed by atoms with Gasteiger partial charge >= 0.3 is 5.97 Å². The number of anilines is 1. The molecule has 18 heavy (non-hydrogen) atoms. The number of halogens is 1. The number of carbonyl (C=O) groups is 1. The van der Waals surface area contributed by atoms with E-state index in [1.807, 2.05) is 0 Å². The van der Waals surface area contributed by atoms with Crippen molar-refractivity contribution in [1.29, 1.82) is 0 Å². The number of esters is 1. The highest BCUT2D eigenvalue weighted by molar-refractivity contribution is 7.92. The highest BCUT2D eigenvalue weighted by atomic mass is 35.5. The summed E-state index contributed by atoms with van der Waals surface area (Å²) in [6.07, 6.45) is 0.299. The molecule has 0 aliphatic heterocycles. The molecule has 0 bridgehead atoms. The van der Waals surface area contributed by atoms with E-state index < -0.39 is 16.0 Å². The molecule has 0 saturated heterocycles. The van der Waals surface area contributed by atoms with Gasteiger partial charge in [0.25, 0.3) is 0 Å². The average Bonchev–Trinajstić information content (AvgIpc) is 2.31. The van der Waals surface area contributed by atoms with Crippen molar-refractivity contribution in [3.63, 3.8) is 0 Å². The Balaban J connectivity index is 2.49. The quantitative estimate of drug-likeness (QED) is 0.814. The molecule has 0 aliphatic carbocycles. The molecule has 0 unspecified atom stereocenters. The van der Waals surface area contributed by atoms with Crippen LogP contribution < -0.4 is 4.72 Å². The Bertz CT molecular complexity index is 498. The molecule has 1 N–H and O–H groups in total. The van der Waals surface area contributed by atoms with Crippen molar-refractivity contribution in [2.75, 3.05) is 17.6 Å². The van der Waals surface area contributed by atoms with Crippen molar-refractivity contribution in [2.45, 2.75) is 12.8 Å². The lowest BCUT2D eigenvalue weighted by Crippen LogP contribution is -2.17. The lowest BCUT2D eigenvalue weighted by Gasteiger charge is -2.07. The number of hydrogen-bond acceptors (Lipinski definition) is 4. The summed E-state index contributed by atoms with van der Waals surface area (Å²) in [6, 6.07) is 6.32. The molecule has 0 atom stereocenters. The summed E-state index contributed by atoms with van der Waals surface area (Å²) in [4.78, 5) is 10.8. The molecule has 1 aromatic carbocycles. The van der Waals surface area contributed by atoms with Crippen LogP contribution in [-0.2, 0) is 19.6 Å². The Labute approximate surface area is 111 Å². The van der Waals surface area contributed by atoms with Gasteiger partial charge in [-0.2, -0.15) is 0 Å². The van der Waals surface area contributed by atoms with E-state index in [0.717, 1.165) is 0 Å². The van der Waals surface area contributed by atoms with Crippen LogP contribution in [0.4, 0.5) is 5.69 Å². The van der Waals surface area contributed by atoms with E-state index in [9.17, 15) is 13.2 Å². The van der Waals surface area contributed by atoms with Gasteiger partial charge in [0.15, 0.2) is 0 Å². The maximum Gasteiger partial charge on any atom is 0.305 e. The molecule has 1 rings (SSSR count). The molecule has 0 aromatic heterocycles. The number of carbonyl (C=O) groups excluding carboxylic acids is 1. The van der Waals surface area contributed by atoms with Crippen molar-refractivity contribution in [3.05, 3.63) is 29.3 Å². The Hall–Kier alpha value is -1.27.